The molecule has 1 saturated carbocycles. The van der Waals surface area contributed by atoms with Gasteiger partial charge in [0, 0.05) is 55.0 Å². The fourth-order valence-corrected chi connectivity index (χ4v) is 4.86. The predicted octanol–water partition coefficient (Wildman–Crippen LogP) is 4.90. The van der Waals surface area contributed by atoms with E-state index in [0.29, 0.717) is 47.7 Å². The highest BCUT2D eigenvalue weighted by atomic mass is 19.4. The highest BCUT2D eigenvalue weighted by Crippen LogP contribution is 2.45. The molecule has 0 unspecified atom stereocenters. The van der Waals surface area contributed by atoms with Gasteiger partial charge in [-0.2, -0.15) is 18.2 Å². The summed E-state index contributed by atoms with van der Waals surface area (Å²) in [7, 11) is 1.57. The first-order valence-electron chi connectivity index (χ1n) is 13.5. The second-order valence-electron chi connectivity index (χ2n) is 10.4. The van der Waals surface area contributed by atoms with Crippen LogP contribution in [-0.2, 0) is 25.7 Å². The number of pyridine rings is 1. The maximum atomic E-state index is 13.3. The first kappa shape index (κ1) is 27.1. The molecule has 4 aromatic heterocycles. The number of halogens is 3. The van der Waals surface area contributed by atoms with Gasteiger partial charge < -0.3 is 19.4 Å². The molecule has 0 spiro atoms. The summed E-state index contributed by atoms with van der Waals surface area (Å²) in [6, 6.07) is 3.19. The van der Waals surface area contributed by atoms with Gasteiger partial charge >= 0.3 is 6.18 Å². The molecule has 0 radical (unpaired) electrons. The van der Waals surface area contributed by atoms with Gasteiger partial charge in [-0.1, -0.05) is 6.07 Å². The zero-order chi connectivity index (χ0) is 28.7. The van der Waals surface area contributed by atoms with Crippen molar-refractivity contribution in [2.24, 2.45) is 0 Å². The number of hydrogen-bond donors (Lipinski definition) is 1. The minimum atomic E-state index is -4.54. The minimum Gasteiger partial charge on any atom is -0.480 e. The van der Waals surface area contributed by atoms with Crippen molar-refractivity contribution >= 4 is 0 Å². The Kier molecular flexibility index (Phi) is 7.06. The lowest BCUT2D eigenvalue weighted by Gasteiger charge is -2.21. The molecule has 10 nitrogen and oxygen atoms in total. The Hall–Kier alpha value is -4.13. The summed E-state index contributed by atoms with van der Waals surface area (Å²) in [6.45, 7) is 5.10. The molecule has 0 bridgehead atoms. The SMILES string of the molecule is COc1ncnc(C2CC2)c1-c1nc2c(c(OCc3ccc(-c4nc(C(F)(F)F)cn4C(C)C)nc3)n1)CNCC2. The summed E-state index contributed by atoms with van der Waals surface area (Å²) in [4.78, 5) is 26.7. The molecule has 1 aliphatic heterocycles. The normalized spacial score (nSPS) is 15.2. The topological polar surface area (TPSA) is 113 Å². The van der Waals surface area contributed by atoms with Gasteiger partial charge in [0.25, 0.3) is 0 Å². The van der Waals surface area contributed by atoms with Crippen LogP contribution >= 0.6 is 0 Å². The van der Waals surface area contributed by atoms with Crippen molar-refractivity contribution in [2.45, 2.75) is 64.4 Å². The molecule has 214 valence electrons. The summed E-state index contributed by atoms with van der Waals surface area (Å²) >= 11 is 0. The summed E-state index contributed by atoms with van der Waals surface area (Å²) in [5.74, 6) is 1.82. The van der Waals surface area contributed by atoms with E-state index in [9.17, 15) is 13.2 Å². The molecule has 0 aromatic carbocycles. The van der Waals surface area contributed by atoms with Crippen LogP contribution in [-0.4, -0.2) is 48.1 Å². The highest BCUT2D eigenvalue weighted by molar-refractivity contribution is 5.67. The number of nitrogens with zero attached hydrogens (tertiary/aromatic N) is 7. The first-order valence-corrected chi connectivity index (χ1v) is 13.5. The van der Waals surface area contributed by atoms with Crippen molar-refractivity contribution in [3.8, 4) is 34.7 Å². The minimum absolute atomic E-state index is 0.153. The van der Waals surface area contributed by atoms with Crippen molar-refractivity contribution < 1.29 is 22.6 Å². The Balaban J connectivity index is 1.29. The molecule has 13 heteroatoms. The van der Waals surface area contributed by atoms with Crippen LogP contribution in [0.1, 0.15) is 66.9 Å². The molecular formula is C28H29F3N8O2. The zero-order valence-electron chi connectivity index (χ0n) is 22.9. The Bertz CT molecular complexity index is 1570. The fraction of sp³-hybridized carbons (Fsp3) is 0.429. The van der Waals surface area contributed by atoms with Gasteiger partial charge in [-0.25, -0.2) is 19.9 Å². The highest BCUT2D eigenvalue weighted by Gasteiger charge is 2.36. The van der Waals surface area contributed by atoms with Gasteiger partial charge in [0.15, 0.2) is 17.3 Å². The number of hydrogen-bond acceptors (Lipinski definition) is 9. The second kappa shape index (κ2) is 10.7. The third-order valence-corrected chi connectivity index (χ3v) is 7.13. The van der Waals surface area contributed by atoms with Crippen LogP contribution in [0.4, 0.5) is 13.2 Å². The van der Waals surface area contributed by atoms with Crippen LogP contribution in [0.3, 0.4) is 0 Å². The van der Waals surface area contributed by atoms with Crippen molar-refractivity contribution in [1.82, 2.24) is 39.8 Å². The molecule has 0 saturated heterocycles. The number of rotatable bonds is 8. The average Bonchev–Trinajstić information content (AvgIpc) is 3.71. The monoisotopic (exact) mass is 566 g/mol. The van der Waals surface area contributed by atoms with E-state index in [-0.39, 0.29) is 18.5 Å². The molecule has 41 heavy (non-hydrogen) atoms. The van der Waals surface area contributed by atoms with E-state index >= 15 is 0 Å². The van der Waals surface area contributed by atoms with E-state index in [0.717, 1.165) is 48.1 Å². The molecule has 5 heterocycles. The maximum absolute atomic E-state index is 13.3. The third-order valence-electron chi connectivity index (χ3n) is 7.13. The van der Waals surface area contributed by atoms with E-state index in [1.165, 1.54) is 10.9 Å². The molecular weight excluding hydrogens is 537 g/mol. The lowest BCUT2D eigenvalue weighted by atomic mass is 10.1. The summed E-state index contributed by atoms with van der Waals surface area (Å²) in [5, 5.41) is 3.34. The number of fused-ring (bicyclic) bond motifs is 1. The van der Waals surface area contributed by atoms with Crippen molar-refractivity contribution in [2.75, 3.05) is 13.7 Å². The van der Waals surface area contributed by atoms with Crippen molar-refractivity contribution in [1.29, 1.82) is 0 Å². The maximum Gasteiger partial charge on any atom is 0.434 e. The molecule has 1 N–H and O–H groups in total. The number of methoxy groups -OCH3 is 1. The van der Waals surface area contributed by atoms with Crippen LogP contribution in [0.25, 0.3) is 22.9 Å². The van der Waals surface area contributed by atoms with Crippen LogP contribution in [0, 0.1) is 0 Å². The van der Waals surface area contributed by atoms with Crippen molar-refractivity contribution in [3.63, 3.8) is 0 Å². The van der Waals surface area contributed by atoms with E-state index in [2.05, 4.69) is 25.3 Å². The third kappa shape index (κ3) is 5.45. The van der Waals surface area contributed by atoms with Crippen LogP contribution in [0.15, 0.2) is 30.9 Å². The smallest absolute Gasteiger partial charge is 0.434 e. The summed E-state index contributed by atoms with van der Waals surface area (Å²) in [6.07, 6.45) is 2.37. The Morgan fingerprint density at radius 2 is 1.90 bits per heavy atom. The summed E-state index contributed by atoms with van der Waals surface area (Å²) < 4.78 is 53.2. The quantitative estimate of drug-likeness (QED) is 0.318. The van der Waals surface area contributed by atoms with Gasteiger partial charge in [-0.15, -0.1) is 0 Å². The Morgan fingerprint density at radius 1 is 1.07 bits per heavy atom. The first-order chi connectivity index (χ1) is 19.7. The molecule has 1 aliphatic carbocycles. The predicted molar refractivity (Wildman–Crippen MR) is 142 cm³/mol. The fourth-order valence-electron chi connectivity index (χ4n) is 4.86. The largest absolute Gasteiger partial charge is 0.480 e. The number of nitrogens with one attached hydrogen (secondary N) is 1. The van der Waals surface area contributed by atoms with E-state index in [1.54, 1.807) is 39.3 Å². The molecule has 2 aliphatic rings. The lowest BCUT2D eigenvalue weighted by molar-refractivity contribution is -0.140. The Morgan fingerprint density at radius 3 is 2.59 bits per heavy atom. The zero-order valence-corrected chi connectivity index (χ0v) is 22.9. The van der Waals surface area contributed by atoms with E-state index in [4.69, 9.17) is 19.4 Å². The van der Waals surface area contributed by atoms with Gasteiger partial charge in [0.05, 0.1) is 18.5 Å². The molecule has 0 atom stereocenters. The summed E-state index contributed by atoms with van der Waals surface area (Å²) in [5.41, 5.74) is 3.46. The second-order valence-corrected chi connectivity index (χ2v) is 10.4. The number of alkyl halides is 3. The number of imidazole rings is 1. The van der Waals surface area contributed by atoms with Crippen LogP contribution < -0.4 is 14.8 Å². The molecule has 1 fully saturated rings. The van der Waals surface area contributed by atoms with Gasteiger partial charge in [-0.3, -0.25) is 4.98 Å². The Labute approximate surface area is 234 Å². The molecule has 0 amide bonds. The van der Waals surface area contributed by atoms with Gasteiger partial charge in [-0.05, 0) is 32.8 Å². The number of aromatic nitrogens is 7. The molecule has 6 rings (SSSR count). The van der Waals surface area contributed by atoms with E-state index < -0.39 is 11.9 Å². The van der Waals surface area contributed by atoms with E-state index in [1.807, 2.05) is 0 Å². The molecule has 4 aromatic rings. The van der Waals surface area contributed by atoms with Gasteiger partial charge in [0.2, 0.25) is 11.8 Å². The lowest BCUT2D eigenvalue weighted by Crippen LogP contribution is -2.26. The number of ether oxygens (including phenoxy) is 2. The average molecular weight is 567 g/mol. The van der Waals surface area contributed by atoms with Gasteiger partial charge in [0.1, 0.15) is 24.2 Å². The van der Waals surface area contributed by atoms with Crippen LogP contribution in [0.2, 0.25) is 0 Å². The van der Waals surface area contributed by atoms with Crippen molar-refractivity contribution in [3.05, 3.63) is 59.1 Å². The standard InChI is InChI=1S/C28H29F3N8O2/c1-15(2)39-12-21(28(29,30)31)37-25(39)20-7-4-16(10-33-20)13-41-26-18-11-32-9-8-19(18)36-24(38-26)22-23(17-5-6-17)34-14-35-27(22)40-3/h4,7,10,12,14-15,17,32H,5-6,8-9,11,13H2,1-3H3. The van der Waals surface area contributed by atoms with Crippen LogP contribution in [0.5, 0.6) is 11.8 Å².